The molecule has 0 aliphatic rings. The summed E-state index contributed by atoms with van der Waals surface area (Å²) in [6.45, 7) is 10.4. The number of ether oxygens (including phenoxy) is 2. The Morgan fingerprint density at radius 2 is 1.38 bits per heavy atom. The van der Waals surface area contributed by atoms with Gasteiger partial charge in [0, 0.05) is 6.61 Å². The largest absolute Gasteiger partial charge is 0.459 e. The van der Waals surface area contributed by atoms with Gasteiger partial charge in [-0.2, -0.15) is 0 Å². The fourth-order valence-electron chi connectivity index (χ4n) is 2.54. The molecule has 0 aliphatic heterocycles. The lowest BCUT2D eigenvalue weighted by Crippen LogP contribution is -2.38. The van der Waals surface area contributed by atoms with Crippen LogP contribution >= 0.6 is 0 Å². The molecule has 1 aromatic carbocycles. The van der Waals surface area contributed by atoms with Gasteiger partial charge in [0.2, 0.25) is 0 Å². The summed E-state index contributed by atoms with van der Waals surface area (Å²) in [7, 11) is 0. The van der Waals surface area contributed by atoms with Crippen LogP contribution in [0.3, 0.4) is 0 Å². The molecule has 5 heteroatoms. The number of carbonyl (C=O) groups excluding carboxylic acids is 2. The monoisotopic (exact) mass is 364 g/mol. The minimum Gasteiger partial charge on any atom is -0.459 e. The molecule has 0 bridgehead atoms. The van der Waals surface area contributed by atoms with Crippen molar-refractivity contribution >= 4 is 11.9 Å². The maximum Gasteiger partial charge on any atom is 0.320 e. The predicted molar refractivity (Wildman–Crippen MR) is 101 cm³/mol. The Morgan fingerprint density at radius 3 is 1.77 bits per heavy atom. The van der Waals surface area contributed by atoms with Crippen LogP contribution in [0.4, 0.5) is 0 Å². The molecule has 1 aromatic rings. The topological polar surface area (TPSA) is 72.8 Å². The van der Waals surface area contributed by atoms with Gasteiger partial charge in [-0.1, -0.05) is 30.3 Å². The summed E-state index contributed by atoms with van der Waals surface area (Å²) in [5, 5.41) is 9.76. The summed E-state index contributed by atoms with van der Waals surface area (Å²) in [5.74, 6) is -2.53. The van der Waals surface area contributed by atoms with Crippen LogP contribution in [0.5, 0.6) is 0 Å². The van der Waals surface area contributed by atoms with E-state index in [1.807, 2.05) is 30.3 Å². The molecular formula is C21H32O5. The zero-order valence-corrected chi connectivity index (χ0v) is 16.7. The van der Waals surface area contributed by atoms with Crippen molar-refractivity contribution in [3.05, 3.63) is 35.9 Å². The number of benzene rings is 1. The Labute approximate surface area is 156 Å². The van der Waals surface area contributed by atoms with Crippen molar-refractivity contribution < 1.29 is 24.2 Å². The molecule has 1 atom stereocenters. The van der Waals surface area contributed by atoms with E-state index in [9.17, 15) is 14.7 Å². The molecule has 0 unspecified atom stereocenters. The second kappa shape index (κ2) is 9.17. The third-order valence-corrected chi connectivity index (χ3v) is 3.58. The van der Waals surface area contributed by atoms with Gasteiger partial charge >= 0.3 is 11.9 Å². The van der Waals surface area contributed by atoms with Crippen LogP contribution in [0.2, 0.25) is 0 Å². The van der Waals surface area contributed by atoms with Gasteiger partial charge in [-0.25, -0.2) is 0 Å². The summed E-state index contributed by atoms with van der Waals surface area (Å²) in [5.41, 5.74) is -0.365. The van der Waals surface area contributed by atoms with Gasteiger partial charge in [0.1, 0.15) is 11.2 Å². The van der Waals surface area contributed by atoms with Crippen LogP contribution in [-0.4, -0.2) is 34.9 Å². The van der Waals surface area contributed by atoms with E-state index in [4.69, 9.17) is 9.47 Å². The zero-order valence-electron chi connectivity index (χ0n) is 16.7. The van der Waals surface area contributed by atoms with E-state index in [1.165, 1.54) is 0 Å². The summed E-state index contributed by atoms with van der Waals surface area (Å²) < 4.78 is 10.8. The van der Waals surface area contributed by atoms with Crippen LogP contribution < -0.4 is 0 Å². The minimum atomic E-state index is -1.06. The molecule has 146 valence electrons. The van der Waals surface area contributed by atoms with Gasteiger partial charge in [-0.3, -0.25) is 9.59 Å². The fourth-order valence-corrected chi connectivity index (χ4v) is 2.54. The van der Waals surface area contributed by atoms with E-state index in [0.717, 1.165) is 5.56 Å². The van der Waals surface area contributed by atoms with Crippen molar-refractivity contribution in [2.75, 3.05) is 6.61 Å². The lowest BCUT2D eigenvalue weighted by Gasteiger charge is -2.28. The quantitative estimate of drug-likeness (QED) is 0.592. The van der Waals surface area contributed by atoms with Gasteiger partial charge in [0.15, 0.2) is 5.92 Å². The molecule has 0 saturated carbocycles. The highest BCUT2D eigenvalue weighted by molar-refractivity contribution is 5.95. The Morgan fingerprint density at radius 1 is 0.923 bits per heavy atom. The molecule has 0 radical (unpaired) electrons. The number of aliphatic hydroxyl groups excluding tert-OH is 1. The highest BCUT2D eigenvalue weighted by Gasteiger charge is 2.36. The van der Waals surface area contributed by atoms with Gasteiger partial charge in [-0.05, 0) is 65.9 Å². The maximum absolute atomic E-state index is 12.6. The first kappa shape index (κ1) is 22.2. The van der Waals surface area contributed by atoms with Gasteiger partial charge in [-0.15, -0.1) is 0 Å². The van der Waals surface area contributed by atoms with E-state index in [1.54, 1.807) is 41.5 Å². The summed E-state index contributed by atoms with van der Waals surface area (Å²) in [4.78, 5) is 25.2. The molecule has 5 nitrogen and oxygen atoms in total. The smallest absolute Gasteiger partial charge is 0.320 e. The molecule has 0 amide bonds. The van der Waals surface area contributed by atoms with Gasteiger partial charge in [0.05, 0.1) is 0 Å². The van der Waals surface area contributed by atoms with Crippen LogP contribution in [0.25, 0.3) is 0 Å². The molecule has 0 heterocycles. The van der Waals surface area contributed by atoms with Crippen LogP contribution in [0.1, 0.15) is 53.5 Å². The number of rotatable bonds is 7. The maximum atomic E-state index is 12.6. The molecule has 0 saturated heterocycles. The minimum absolute atomic E-state index is 0.128. The van der Waals surface area contributed by atoms with E-state index < -0.39 is 29.1 Å². The molecule has 1 rings (SSSR count). The van der Waals surface area contributed by atoms with Crippen molar-refractivity contribution in [3.63, 3.8) is 0 Å². The summed E-state index contributed by atoms with van der Waals surface area (Å²) in [6, 6.07) is 9.67. The highest BCUT2D eigenvalue weighted by atomic mass is 16.6. The molecule has 0 spiro atoms. The fraction of sp³-hybridized carbons (Fsp3) is 0.619. The molecule has 0 fully saturated rings. The van der Waals surface area contributed by atoms with Crippen molar-refractivity contribution in [1.82, 2.24) is 0 Å². The second-order valence-electron chi connectivity index (χ2n) is 8.59. The molecular weight excluding hydrogens is 332 g/mol. The number of hydrogen-bond acceptors (Lipinski definition) is 5. The zero-order chi connectivity index (χ0) is 20.0. The van der Waals surface area contributed by atoms with Gasteiger partial charge in [0.25, 0.3) is 0 Å². The molecule has 1 N–H and O–H groups in total. The second-order valence-corrected chi connectivity index (χ2v) is 8.59. The Bertz CT molecular complexity index is 553. The normalized spacial score (nSPS) is 13.4. The average molecular weight is 364 g/mol. The third-order valence-electron chi connectivity index (χ3n) is 3.58. The standard InChI is InChI=1S/C21H32O5/c1-20(2,3)25-18(23)17(19(24)26-21(4,5)6)13-16(14-22)12-15-10-8-7-9-11-15/h7-11,16-17,22H,12-14H2,1-6H3/t16-/m0/s1. The van der Waals surface area contributed by atoms with Gasteiger partial charge < -0.3 is 14.6 Å². The number of hydrogen-bond donors (Lipinski definition) is 1. The van der Waals surface area contributed by atoms with E-state index >= 15 is 0 Å². The number of carbonyl (C=O) groups is 2. The van der Waals surface area contributed by atoms with E-state index in [-0.39, 0.29) is 18.9 Å². The van der Waals surface area contributed by atoms with Crippen LogP contribution in [-0.2, 0) is 25.5 Å². The SMILES string of the molecule is CC(C)(C)OC(=O)C(C[C@@H](CO)Cc1ccccc1)C(=O)OC(C)(C)C. The molecule has 26 heavy (non-hydrogen) atoms. The Balaban J connectivity index is 2.94. The summed E-state index contributed by atoms with van der Waals surface area (Å²) in [6.07, 6.45) is 0.745. The van der Waals surface area contributed by atoms with Crippen molar-refractivity contribution in [1.29, 1.82) is 0 Å². The van der Waals surface area contributed by atoms with E-state index in [2.05, 4.69) is 0 Å². The Kier molecular flexibility index (Phi) is 7.82. The first-order valence-electron chi connectivity index (χ1n) is 9.02. The average Bonchev–Trinajstić information content (AvgIpc) is 2.48. The third kappa shape index (κ3) is 8.48. The summed E-state index contributed by atoms with van der Waals surface area (Å²) >= 11 is 0. The first-order chi connectivity index (χ1) is 11.9. The highest BCUT2D eigenvalue weighted by Crippen LogP contribution is 2.24. The van der Waals surface area contributed by atoms with Crippen molar-refractivity contribution in [2.45, 2.75) is 65.6 Å². The van der Waals surface area contributed by atoms with E-state index in [0.29, 0.717) is 6.42 Å². The van der Waals surface area contributed by atoms with Crippen LogP contribution in [0.15, 0.2) is 30.3 Å². The molecule has 0 aliphatic carbocycles. The molecule has 0 aromatic heterocycles. The Hall–Kier alpha value is -1.88. The van der Waals surface area contributed by atoms with Crippen molar-refractivity contribution in [3.8, 4) is 0 Å². The lowest BCUT2D eigenvalue weighted by atomic mass is 9.89. The van der Waals surface area contributed by atoms with Crippen molar-refractivity contribution in [2.24, 2.45) is 11.8 Å². The lowest BCUT2D eigenvalue weighted by molar-refractivity contribution is -0.175. The number of aliphatic hydroxyl groups is 1. The van der Waals surface area contributed by atoms with Crippen LogP contribution in [0, 0.1) is 11.8 Å². The first-order valence-corrected chi connectivity index (χ1v) is 9.02. The predicted octanol–water partition coefficient (Wildman–Crippen LogP) is 3.53. The number of esters is 2.